The third-order valence-electron chi connectivity index (χ3n) is 2.35. The van der Waals surface area contributed by atoms with Gasteiger partial charge < -0.3 is 15.3 Å². The van der Waals surface area contributed by atoms with E-state index in [1.807, 2.05) is 0 Å². The fraction of sp³-hybridized carbons (Fsp3) is 0.250. The van der Waals surface area contributed by atoms with Crippen LogP contribution in [0.1, 0.15) is 5.56 Å². The summed E-state index contributed by atoms with van der Waals surface area (Å²) in [5, 5.41) is 6.47. The van der Waals surface area contributed by atoms with Crippen LogP contribution in [-0.2, 0) is 28.8 Å². The third-order valence-corrected chi connectivity index (χ3v) is 3.47. The Balaban J connectivity index is 3.00. The molecule has 0 unspecified atom stereocenters. The van der Waals surface area contributed by atoms with Gasteiger partial charge in [-0.25, -0.2) is 4.79 Å². The highest BCUT2D eigenvalue weighted by molar-refractivity contribution is 7.86. The van der Waals surface area contributed by atoms with E-state index in [9.17, 15) is 13.2 Å². The molecule has 0 aliphatic rings. The van der Waals surface area contributed by atoms with Gasteiger partial charge in [0.05, 0.1) is 7.11 Å². The van der Waals surface area contributed by atoms with Crippen molar-refractivity contribution >= 4 is 27.6 Å². The lowest BCUT2D eigenvalue weighted by molar-refractivity contribution is -0.132. The summed E-state index contributed by atoms with van der Waals surface area (Å²) in [6.07, 6.45) is 0. The number of nitrogens with zero attached hydrogens (tertiary/aromatic N) is 2. The number of carbonyl (C=O) groups excluding carboxylic acids is 1. The quantitative estimate of drug-likeness (QED) is 0.340. The molecule has 0 bridgehead atoms. The van der Waals surface area contributed by atoms with E-state index < -0.39 is 27.6 Å². The van der Waals surface area contributed by atoms with Crippen LogP contribution in [0.15, 0.2) is 39.5 Å². The van der Waals surface area contributed by atoms with Crippen molar-refractivity contribution in [2.75, 3.05) is 14.2 Å². The molecule has 0 aliphatic heterocycles. The number of benzene rings is 1. The highest BCUT2D eigenvalue weighted by atomic mass is 32.2. The monoisotopic (exact) mass is 329 g/mol. The van der Waals surface area contributed by atoms with Gasteiger partial charge in [-0.15, -0.1) is 0 Å². The van der Waals surface area contributed by atoms with Gasteiger partial charge in [-0.3, -0.25) is 4.28 Å². The standard InChI is InChI=1S/C12H15N3O6S/c1-8-4-6-9(7-5-8)22(17,18)21-15-11(13)10(14-20-3)12(16)19-2/h4-7H,1-3H3,(H2,13,15)/b14-10+. The molecule has 0 fully saturated rings. The molecule has 22 heavy (non-hydrogen) atoms. The summed E-state index contributed by atoms with van der Waals surface area (Å²) in [6.45, 7) is 1.80. The van der Waals surface area contributed by atoms with Crippen molar-refractivity contribution < 1.29 is 27.1 Å². The molecule has 0 aromatic heterocycles. The molecule has 2 N–H and O–H groups in total. The van der Waals surface area contributed by atoms with Crippen LogP contribution < -0.4 is 5.73 Å². The first-order valence-corrected chi connectivity index (χ1v) is 7.26. The van der Waals surface area contributed by atoms with Crippen molar-refractivity contribution in [3.05, 3.63) is 29.8 Å². The van der Waals surface area contributed by atoms with E-state index in [0.717, 1.165) is 12.7 Å². The van der Waals surface area contributed by atoms with Gasteiger partial charge in [0.25, 0.3) is 0 Å². The van der Waals surface area contributed by atoms with Crippen molar-refractivity contribution in [3.8, 4) is 0 Å². The van der Waals surface area contributed by atoms with Gasteiger partial charge in [-0.1, -0.05) is 22.9 Å². The summed E-state index contributed by atoms with van der Waals surface area (Å²) >= 11 is 0. The highest BCUT2D eigenvalue weighted by Crippen LogP contribution is 2.13. The number of oxime groups is 2. The van der Waals surface area contributed by atoms with E-state index in [4.69, 9.17) is 5.73 Å². The second kappa shape index (κ2) is 7.41. The molecule has 0 amide bonds. The molecular weight excluding hydrogens is 314 g/mol. The summed E-state index contributed by atoms with van der Waals surface area (Å²) in [6, 6.07) is 5.88. The minimum Gasteiger partial charge on any atom is -0.464 e. The largest absolute Gasteiger partial charge is 0.464 e. The number of methoxy groups -OCH3 is 1. The van der Waals surface area contributed by atoms with Crippen LogP contribution in [0.4, 0.5) is 0 Å². The van der Waals surface area contributed by atoms with Crippen LogP contribution in [-0.4, -0.2) is 40.2 Å². The number of nitrogens with two attached hydrogens (primary N) is 1. The number of hydrogen-bond donors (Lipinski definition) is 1. The van der Waals surface area contributed by atoms with E-state index in [2.05, 4.69) is 24.2 Å². The SMILES string of the molecule is CO/N=C(C(=O)OC)\C(N)=N/OS(=O)(=O)c1ccc(C)cc1. The van der Waals surface area contributed by atoms with Gasteiger partial charge >= 0.3 is 16.1 Å². The van der Waals surface area contributed by atoms with Gasteiger partial charge in [0.15, 0.2) is 0 Å². The molecular formula is C12H15N3O6S. The predicted molar refractivity (Wildman–Crippen MR) is 77.5 cm³/mol. The van der Waals surface area contributed by atoms with Gasteiger partial charge in [0.1, 0.15) is 12.0 Å². The maximum atomic E-state index is 11.9. The molecule has 0 saturated carbocycles. The van der Waals surface area contributed by atoms with Gasteiger partial charge in [-0.05, 0) is 24.2 Å². The van der Waals surface area contributed by atoms with Crippen LogP contribution in [0.3, 0.4) is 0 Å². The number of carbonyl (C=O) groups is 1. The lowest BCUT2D eigenvalue weighted by Gasteiger charge is -2.04. The van der Waals surface area contributed by atoms with Crippen LogP contribution >= 0.6 is 0 Å². The number of esters is 1. The maximum Gasteiger partial charge on any atom is 0.364 e. The Labute approximate surface area is 127 Å². The van der Waals surface area contributed by atoms with Gasteiger partial charge in [-0.2, -0.15) is 8.42 Å². The van der Waals surface area contributed by atoms with Crippen LogP contribution in [0.25, 0.3) is 0 Å². The molecule has 1 aromatic rings. The number of hydrogen-bond acceptors (Lipinski definition) is 8. The Bertz CT molecular complexity index is 694. The Hall–Kier alpha value is -2.62. The van der Waals surface area contributed by atoms with Gasteiger partial charge in [0, 0.05) is 0 Å². The molecule has 1 rings (SSSR count). The van der Waals surface area contributed by atoms with Crippen LogP contribution in [0.5, 0.6) is 0 Å². The van der Waals surface area contributed by atoms with Crippen molar-refractivity contribution in [1.82, 2.24) is 0 Å². The smallest absolute Gasteiger partial charge is 0.364 e. The summed E-state index contributed by atoms with van der Waals surface area (Å²) < 4.78 is 32.6. The molecule has 0 heterocycles. The summed E-state index contributed by atoms with van der Waals surface area (Å²) in [4.78, 5) is 15.7. The molecule has 0 radical (unpaired) electrons. The molecule has 120 valence electrons. The fourth-order valence-corrected chi connectivity index (χ4v) is 1.99. The van der Waals surface area contributed by atoms with E-state index >= 15 is 0 Å². The second-order valence-corrected chi connectivity index (χ2v) is 5.46. The second-order valence-electron chi connectivity index (χ2n) is 3.93. The normalized spacial score (nSPS) is 12.7. The average Bonchev–Trinajstić information content (AvgIpc) is 2.50. The highest BCUT2D eigenvalue weighted by Gasteiger charge is 2.21. The molecule has 0 atom stereocenters. The van der Waals surface area contributed by atoms with Crippen molar-refractivity contribution in [3.63, 3.8) is 0 Å². The molecule has 0 aliphatic carbocycles. The zero-order valence-corrected chi connectivity index (χ0v) is 13.0. The number of ether oxygens (including phenoxy) is 1. The Morgan fingerprint density at radius 2 is 1.73 bits per heavy atom. The number of amidine groups is 1. The number of aryl methyl sites for hydroxylation is 1. The zero-order valence-electron chi connectivity index (χ0n) is 12.1. The minimum absolute atomic E-state index is 0.113. The van der Waals surface area contributed by atoms with E-state index in [0.29, 0.717) is 0 Å². The summed E-state index contributed by atoms with van der Waals surface area (Å²) in [5.41, 5.74) is 5.79. The lowest BCUT2D eigenvalue weighted by atomic mass is 10.2. The molecule has 9 nitrogen and oxygen atoms in total. The van der Waals surface area contributed by atoms with Crippen molar-refractivity contribution in [1.29, 1.82) is 0 Å². The minimum atomic E-state index is -4.17. The predicted octanol–water partition coefficient (Wildman–Crippen LogP) is 0.148. The maximum absolute atomic E-state index is 11.9. The Morgan fingerprint density at radius 1 is 1.14 bits per heavy atom. The lowest BCUT2D eigenvalue weighted by Crippen LogP contribution is -2.32. The Morgan fingerprint density at radius 3 is 2.23 bits per heavy atom. The van der Waals surface area contributed by atoms with E-state index in [1.54, 1.807) is 19.1 Å². The molecule has 0 spiro atoms. The first kappa shape index (κ1) is 17.4. The first-order valence-electron chi connectivity index (χ1n) is 5.85. The topological polar surface area (TPSA) is 130 Å². The molecule has 10 heteroatoms. The van der Waals surface area contributed by atoms with E-state index in [-0.39, 0.29) is 4.90 Å². The van der Waals surface area contributed by atoms with Crippen LogP contribution in [0, 0.1) is 6.92 Å². The molecule has 1 aromatic carbocycles. The molecule has 0 saturated heterocycles. The number of rotatable bonds is 6. The third kappa shape index (κ3) is 4.45. The Kier molecular flexibility index (Phi) is 5.87. The summed E-state index contributed by atoms with van der Waals surface area (Å²) in [5.74, 6) is -1.57. The van der Waals surface area contributed by atoms with Crippen LogP contribution in [0.2, 0.25) is 0 Å². The summed E-state index contributed by atoms with van der Waals surface area (Å²) in [7, 11) is -1.91. The van der Waals surface area contributed by atoms with Crippen molar-refractivity contribution in [2.24, 2.45) is 16.0 Å². The van der Waals surface area contributed by atoms with Gasteiger partial charge in [0.2, 0.25) is 11.5 Å². The fourth-order valence-electron chi connectivity index (χ4n) is 1.26. The first-order chi connectivity index (χ1) is 10.3. The van der Waals surface area contributed by atoms with E-state index in [1.165, 1.54) is 19.2 Å². The zero-order chi connectivity index (χ0) is 16.8. The van der Waals surface area contributed by atoms with Crippen molar-refractivity contribution in [2.45, 2.75) is 11.8 Å². The average molecular weight is 329 g/mol.